The van der Waals surface area contributed by atoms with Gasteiger partial charge in [-0.15, -0.1) is 11.3 Å². The van der Waals surface area contributed by atoms with Crippen molar-refractivity contribution < 1.29 is 9.53 Å². The Morgan fingerprint density at radius 1 is 1.11 bits per heavy atom. The summed E-state index contributed by atoms with van der Waals surface area (Å²) in [7, 11) is 0. The van der Waals surface area contributed by atoms with Gasteiger partial charge in [-0.25, -0.2) is 0 Å². The second kappa shape index (κ2) is 9.15. The summed E-state index contributed by atoms with van der Waals surface area (Å²) >= 11 is 1.91. The molecule has 18 heavy (non-hydrogen) atoms. The molecule has 102 valence electrons. The summed E-state index contributed by atoms with van der Waals surface area (Å²) in [4.78, 5) is 12.8. The third kappa shape index (κ3) is 6.20. The molecule has 1 aromatic heterocycles. The molecule has 0 aromatic carbocycles. The second-order valence-electron chi connectivity index (χ2n) is 4.78. The van der Waals surface area contributed by atoms with Gasteiger partial charge in [0.25, 0.3) is 6.47 Å². The van der Waals surface area contributed by atoms with Gasteiger partial charge in [-0.2, -0.15) is 0 Å². The maximum absolute atomic E-state index is 9.92. The topological polar surface area (TPSA) is 26.3 Å². The van der Waals surface area contributed by atoms with E-state index >= 15 is 0 Å². The summed E-state index contributed by atoms with van der Waals surface area (Å²) in [5.74, 6) is 0. The van der Waals surface area contributed by atoms with Crippen LogP contribution in [0.1, 0.15) is 53.8 Å². The van der Waals surface area contributed by atoms with Crippen LogP contribution in [0.15, 0.2) is 6.07 Å². The van der Waals surface area contributed by atoms with E-state index in [9.17, 15) is 4.79 Å². The molecule has 0 radical (unpaired) electrons. The van der Waals surface area contributed by atoms with Gasteiger partial charge in [-0.1, -0.05) is 25.7 Å². The zero-order valence-corrected chi connectivity index (χ0v) is 12.4. The number of carbonyl (C=O) groups is 1. The van der Waals surface area contributed by atoms with Crippen LogP contribution in [0, 0.1) is 13.8 Å². The van der Waals surface area contributed by atoms with Crippen molar-refractivity contribution in [1.82, 2.24) is 0 Å². The summed E-state index contributed by atoms with van der Waals surface area (Å²) in [6, 6.07) is 2.33. The monoisotopic (exact) mass is 268 g/mol. The van der Waals surface area contributed by atoms with Crippen LogP contribution < -0.4 is 0 Å². The predicted octanol–water partition coefficient (Wildman–Crippen LogP) is 4.42. The van der Waals surface area contributed by atoms with Crippen LogP contribution in [0.5, 0.6) is 0 Å². The van der Waals surface area contributed by atoms with E-state index in [2.05, 4.69) is 24.7 Å². The van der Waals surface area contributed by atoms with Crippen molar-refractivity contribution in [3.8, 4) is 0 Å². The largest absolute Gasteiger partial charge is 0.468 e. The molecule has 0 aliphatic heterocycles. The lowest BCUT2D eigenvalue weighted by Gasteiger charge is -2.02. The van der Waals surface area contributed by atoms with Gasteiger partial charge in [0.2, 0.25) is 0 Å². The van der Waals surface area contributed by atoms with Gasteiger partial charge >= 0.3 is 0 Å². The maximum atomic E-state index is 9.92. The number of rotatable bonds is 10. The highest BCUT2D eigenvalue weighted by molar-refractivity contribution is 7.12. The lowest BCUT2D eigenvalue weighted by Crippen LogP contribution is -1.91. The molecule has 0 saturated heterocycles. The molecule has 0 spiro atoms. The lowest BCUT2D eigenvalue weighted by molar-refractivity contribution is -0.128. The molecular formula is C15H24O2S. The highest BCUT2D eigenvalue weighted by atomic mass is 32.1. The van der Waals surface area contributed by atoms with Crippen molar-refractivity contribution in [2.75, 3.05) is 6.61 Å². The fraction of sp³-hybridized carbons (Fsp3) is 0.667. The zero-order valence-electron chi connectivity index (χ0n) is 11.5. The maximum Gasteiger partial charge on any atom is 0.293 e. The summed E-state index contributed by atoms with van der Waals surface area (Å²) < 4.78 is 4.66. The van der Waals surface area contributed by atoms with E-state index in [4.69, 9.17) is 0 Å². The van der Waals surface area contributed by atoms with E-state index in [-0.39, 0.29) is 0 Å². The van der Waals surface area contributed by atoms with Crippen molar-refractivity contribution in [1.29, 1.82) is 0 Å². The molecule has 1 aromatic rings. The Kier molecular flexibility index (Phi) is 7.74. The Morgan fingerprint density at radius 2 is 1.78 bits per heavy atom. The number of hydrogen-bond donors (Lipinski definition) is 0. The Hall–Kier alpha value is -0.830. The van der Waals surface area contributed by atoms with Gasteiger partial charge in [-0.05, 0) is 44.7 Å². The number of thiophene rings is 1. The normalized spacial score (nSPS) is 10.6. The highest BCUT2D eigenvalue weighted by Crippen LogP contribution is 2.22. The molecule has 0 unspecified atom stereocenters. The third-order valence-corrected chi connectivity index (χ3v) is 4.18. The van der Waals surface area contributed by atoms with Gasteiger partial charge in [-0.3, -0.25) is 4.79 Å². The van der Waals surface area contributed by atoms with Crippen molar-refractivity contribution in [3.63, 3.8) is 0 Å². The van der Waals surface area contributed by atoms with Crippen LogP contribution in [0.4, 0.5) is 0 Å². The Morgan fingerprint density at radius 3 is 2.39 bits per heavy atom. The first-order chi connectivity index (χ1) is 8.74. The Balaban J connectivity index is 1.95. The molecule has 0 aliphatic carbocycles. The lowest BCUT2D eigenvalue weighted by atomic mass is 10.1. The van der Waals surface area contributed by atoms with Gasteiger partial charge in [0.1, 0.15) is 0 Å². The van der Waals surface area contributed by atoms with E-state index in [0.717, 1.165) is 6.42 Å². The summed E-state index contributed by atoms with van der Waals surface area (Å²) in [5, 5.41) is 0. The number of unbranched alkanes of at least 4 members (excludes halogenated alkanes) is 5. The number of carbonyl (C=O) groups excluding carboxylic acids is 1. The van der Waals surface area contributed by atoms with E-state index in [1.807, 2.05) is 11.3 Å². The minimum atomic E-state index is 0.533. The van der Waals surface area contributed by atoms with Crippen molar-refractivity contribution >= 4 is 17.8 Å². The molecule has 1 heterocycles. The number of ether oxygens (including phenoxy) is 1. The Bertz CT molecular complexity index is 344. The summed E-state index contributed by atoms with van der Waals surface area (Å²) in [5.41, 5.74) is 1.54. The molecule has 0 aliphatic rings. The predicted molar refractivity (Wildman–Crippen MR) is 77.2 cm³/mol. The first kappa shape index (κ1) is 15.2. The smallest absolute Gasteiger partial charge is 0.293 e. The second-order valence-corrected chi connectivity index (χ2v) is 6.24. The van der Waals surface area contributed by atoms with Crippen molar-refractivity contribution in [2.24, 2.45) is 0 Å². The summed E-state index contributed by atoms with van der Waals surface area (Å²) in [6.45, 7) is 5.52. The van der Waals surface area contributed by atoms with Gasteiger partial charge in [0, 0.05) is 9.75 Å². The first-order valence-electron chi connectivity index (χ1n) is 6.85. The quantitative estimate of drug-likeness (QED) is 0.464. The minimum absolute atomic E-state index is 0.533. The number of hydrogen-bond acceptors (Lipinski definition) is 3. The van der Waals surface area contributed by atoms with Crippen LogP contribution in [-0.2, 0) is 16.0 Å². The molecule has 0 saturated carbocycles. The standard InChI is InChI=1S/C15H24O2S/c1-13-11-15(14(2)18-13)9-7-5-3-4-6-8-10-17-12-16/h11-12H,3-10H2,1-2H3. The number of aryl methyl sites for hydroxylation is 3. The van der Waals surface area contributed by atoms with E-state index < -0.39 is 0 Å². The van der Waals surface area contributed by atoms with Crippen LogP contribution in [0.25, 0.3) is 0 Å². The zero-order chi connectivity index (χ0) is 13.2. The van der Waals surface area contributed by atoms with Crippen LogP contribution in [0.3, 0.4) is 0 Å². The summed E-state index contributed by atoms with van der Waals surface area (Å²) in [6.07, 6.45) is 8.55. The molecule has 0 atom stereocenters. The highest BCUT2D eigenvalue weighted by Gasteiger charge is 2.02. The van der Waals surface area contributed by atoms with Gasteiger partial charge < -0.3 is 4.74 Å². The Labute approximate surface area is 114 Å². The molecule has 0 fully saturated rings. The van der Waals surface area contributed by atoms with Crippen LogP contribution in [0.2, 0.25) is 0 Å². The SMILES string of the molecule is Cc1cc(CCCCCCCCOC=O)c(C)s1. The fourth-order valence-electron chi connectivity index (χ4n) is 2.19. The van der Waals surface area contributed by atoms with Gasteiger partial charge in [0.05, 0.1) is 6.61 Å². The molecular weight excluding hydrogens is 244 g/mol. The third-order valence-electron chi connectivity index (χ3n) is 3.17. The molecule has 0 N–H and O–H groups in total. The molecule has 3 heteroatoms. The van der Waals surface area contributed by atoms with Crippen molar-refractivity contribution in [2.45, 2.75) is 58.8 Å². The van der Waals surface area contributed by atoms with Gasteiger partial charge in [0.15, 0.2) is 0 Å². The van der Waals surface area contributed by atoms with Crippen LogP contribution >= 0.6 is 11.3 Å². The average molecular weight is 268 g/mol. The molecule has 0 bridgehead atoms. The average Bonchev–Trinajstić information content (AvgIpc) is 2.66. The van der Waals surface area contributed by atoms with E-state index in [0.29, 0.717) is 13.1 Å². The van der Waals surface area contributed by atoms with E-state index in [1.165, 1.54) is 53.8 Å². The van der Waals surface area contributed by atoms with Crippen molar-refractivity contribution in [3.05, 3.63) is 21.4 Å². The van der Waals surface area contributed by atoms with E-state index in [1.54, 1.807) is 0 Å². The molecule has 1 rings (SSSR count). The van der Waals surface area contributed by atoms with Crippen LogP contribution in [-0.4, -0.2) is 13.1 Å². The first-order valence-corrected chi connectivity index (χ1v) is 7.67. The molecule has 2 nitrogen and oxygen atoms in total. The fourth-order valence-corrected chi connectivity index (χ4v) is 3.16. The minimum Gasteiger partial charge on any atom is -0.468 e. The molecule has 0 amide bonds.